The Morgan fingerprint density at radius 1 is 0.867 bits per heavy atom. The molecule has 0 saturated carbocycles. The van der Waals surface area contributed by atoms with Crippen molar-refractivity contribution in [2.24, 2.45) is 5.92 Å². The van der Waals surface area contributed by atoms with Gasteiger partial charge in [-0.05, 0) is 35.2 Å². The van der Waals surface area contributed by atoms with E-state index in [2.05, 4.69) is 24.3 Å². The number of amides is 2. The van der Waals surface area contributed by atoms with E-state index in [1.54, 1.807) is 4.90 Å². The van der Waals surface area contributed by atoms with Gasteiger partial charge in [0.2, 0.25) is 5.91 Å². The van der Waals surface area contributed by atoms with E-state index in [1.807, 2.05) is 72.6 Å². The third kappa shape index (κ3) is 4.28. The minimum atomic E-state index is -0.268. The predicted octanol–water partition coefficient (Wildman–Crippen LogP) is 4.13. The minimum Gasteiger partial charge on any atom is -0.344 e. The van der Waals surface area contributed by atoms with E-state index in [-0.39, 0.29) is 17.7 Å². The van der Waals surface area contributed by atoms with Gasteiger partial charge in [0.25, 0.3) is 5.91 Å². The normalized spacial score (nSPS) is 17.0. The van der Waals surface area contributed by atoms with Crippen molar-refractivity contribution >= 4 is 11.8 Å². The van der Waals surface area contributed by atoms with Crippen LogP contribution in [0.25, 0.3) is 11.1 Å². The molecule has 0 unspecified atom stereocenters. The van der Waals surface area contributed by atoms with Gasteiger partial charge < -0.3 is 9.80 Å². The first kappa shape index (κ1) is 19.9. The van der Waals surface area contributed by atoms with Crippen LogP contribution in [-0.4, -0.2) is 48.3 Å². The lowest BCUT2D eigenvalue weighted by Gasteiger charge is -2.24. The SMILES string of the molecule is CN1CCN(C(=O)c2ccccc2)C[C@H](Cc2ccccc2-c2ccccc2)C1=O. The smallest absolute Gasteiger partial charge is 0.253 e. The van der Waals surface area contributed by atoms with Crippen LogP contribution in [-0.2, 0) is 11.2 Å². The Bertz CT molecular complexity index is 1020. The predicted molar refractivity (Wildman–Crippen MR) is 119 cm³/mol. The fraction of sp³-hybridized carbons (Fsp3) is 0.231. The summed E-state index contributed by atoms with van der Waals surface area (Å²) >= 11 is 0. The van der Waals surface area contributed by atoms with Crippen LogP contribution in [0.2, 0.25) is 0 Å². The largest absolute Gasteiger partial charge is 0.344 e. The second-order valence-electron chi connectivity index (χ2n) is 7.80. The molecule has 1 aliphatic heterocycles. The monoisotopic (exact) mass is 398 g/mol. The molecule has 1 atom stereocenters. The number of carbonyl (C=O) groups is 2. The summed E-state index contributed by atoms with van der Waals surface area (Å²) in [7, 11) is 1.83. The number of benzene rings is 3. The summed E-state index contributed by atoms with van der Waals surface area (Å²) in [6, 6.07) is 27.8. The van der Waals surface area contributed by atoms with Crippen molar-refractivity contribution in [1.29, 1.82) is 0 Å². The van der Waals surface area contributed by atoms with Gasteiger partial charge in [-0.1, -0.05) is 72.8 Å². The van der Waals surface area contributed by atoms with Crippen LogP contribution in [0.3, 0.4) is 0 Å². The molecule has 152 valence electrons. The van der Waals surface area contributed by atoms with Gasteiger partial charge in [-0.3, -0.25) is 9.59 Å². The molecule has 3 aromatic rings. The number of likely N-dealkylation sites (N-methyl/N-ethyl adjacent to an activating group) is 1. The van der Waals surface area contributed by atoms with Crippen LogP contribution in [0.1, 0.15) is 15.9 Å². The van der Waals surface area contributed by atoms with Crippen LogP contribution in [0.5, 0.6) is 0 Å². The third-order valence-electron chi connectivity index (χ3n) is 5.75. The van der Waals surface area contributed by atoms with E-state index < -0.39 is 0 Å². The Balaban J connectivity index is 1.61. The van der Waals surface area contributed by atoms with E-state index in [4.69, 9.17) is 0 Å². The van der Waals surface area contributed by atoms with E-state index in [1.165, 1.54) is 0 Å². The molecule has 3 aromatic carbocycles. The van der Waals surface area contributed by atoms with Crippen molar-refractivity contribution in [2.75, 3.05) is 26.7 Å². The second-order valence-corrected chi connectivity index (χ2v) is 7.80. The Morgan fingerprint density at radius 3 is 2.23 bits per heavy atom. The van der Waals surface area contributed by atoms with Crippen molar-refractivity contribution in [2.45, 2.75) is 6.42 Å². The first-order chi connectivity index (χ1) is 14.6. The van der Waals surface area contributed by atoms with Crippen LogP contribution in [0.4, 0.5) is 0 Å². The lowest BCUT2D eigenvalue weighted by Crippen LogP contribution is -2.37. The summed E-state index contributed by atoms with van der Waals surface area (Å²) in [5.74, 6) is -0.184. The highest BCUT2D eigenvalue weighted by Gasteiger charge is 2.31. The molecule has 1 aliphatic rings. The molecule has 4 heteroatoms. The van der Waals surface area contributed by atoms with Crippen molar-refractivity contribution < 1.29 is 9.59 Å². The lowest BCUT2D eigenvalue weighted by molar-refractivity contribution is -0.133. The summed E-state index contributed by atoms with van der Waals surface area (Å²) in [6.45, 7) is 1.53. The fourth-order valence-corrected chi connectivity index (χ4v) is 4.09. The summed E-state index contributed by atoms with van der Waals surface area (Å²) < 4.78 is 0. The van der Waals surface area contributed by atoms with E-state index in [0.29, 0.717) is 31.6 Å². The van der Waals surface area contributed by atoms with Crippen LogP contribution in [0.15, 0.2) is 84.9 Å². The highest BCUT2D eigenvalue weighted by Crippen LogP contribution is 2.27. The zero-order valence-electron chi connectivity index (χ0n) is 17.2. The van der Waals surface area contributed by atoms with Gasteiger partial charge in [-0.15, -0.1) is 0 Å². The van der Waals surface area contributed by atoms with Crippen molar-refractivity contribution in [3.05, 3.63) is 96.1 Å². The van der Waals surface area contributed by atoms with Gasteiger partial charge in [0.05, 0.1) is 5.92 Å². The summed E-state index contributed by atoms with van der Waals surface area (Å²) in [5.41, 5.74) is 4.07. The van der Waals surface area contributed by atoms with Gasteiger partial charge in [-0.25, -0.2) is 0 Å². The number of hydrogen-bond acceptors (Lipinski definition) is 2. The van der Waals surface area contributed by atoms with Gasteiger partial charge in [0, 0.05) is 32.2 Å². The molecule has 4 rings (SSSR count). The maximum absolute atomic E-state index is 13.1. The summed E-state index contributed by atoms with van der Waals surface area (Å²) in [5, 5.41) is 0. The zero-order chi connectivity index (χ0) is 20.9. The number of carbonyl (C=O) groups excluding carboxylic acids is 2. The Hall–Kier alpha value is -3.40. The molecule has 0 radical (unpaired) electrons. The number of nitrogens with zero attached hydrogens (tertiary/aromatic N) is 2. The highest BCUT2D eigenvalue weighted by atomic mass is 16.2. The topological polar surface area (TPSA) is 40.6 Å². The summed E-state index contributed by atoms with van der Waals surface area (Å²) in [6.07, 6.45) is 0.604. The standard InChI is InChI=1S/C26H26N2O2/c1-27-16-17-28(26(30)21-12-6-3-7-13-21)19-23(25(27)29)18-22-14-8-9-15-24(22)20-10-4-2-5-11-20/h2-15,23H,16-19H2,1H3/t23-/m0/s1. The molecule has 0 bridgehead atoms. The van der Waals surface area contributed by atoms with Crippen molar-refractivity contribution in [3.63, 3.8) is 0 Å². The van der Waals surface area contributed by atoms with Crippen LogP contribution < -0.4 is 0 Å². The first-order valence-corrected chi connectivity index (χ1v) is 10.4. The van der Waals surface area contributed by atoms with Gasteiger partial charge in [0.15, 0.2) is 0 Å². The van der Waals surface area contributed by atoms with Crippen LogP contribution in [0, 0.1) is 5.92 Å². The molecular formula is C26H26N2O2. The Labute approximate surface area is 177 Å². The molecule has 0 aromatic heterocycles. The molecule has 1 saturated heterocycles. The zero-order valence-corrected chi connectivity index (χ0v) is 17.2. The fourth-order valence-electron chi connectivity index (χ4n) is 4.09. The first-order valence-electron chi connectivity index (χ1n) is 10.4. The van der Waals surface area contributed by atoms with Crippen molar-refractivity contribution in [3.8, 4) is 11.1 Å². The maximum Gasteiger partial charge on any atom is 0.253 e. The Kier molecular flexibility index (Phi) is 5.94. The maximum atomic E-state index is 13.1. The van der Waals surface area contributed by atoms with Crippen molar-refractivity contribution in [1.82, 2.24) is 9.80 Å². The number of hydrogen-bond donors (Lipinski definition) is 0. The molecule has 1 heterocycles. The van der Waals surface area contributed by atoms with Gasteiger partial charge in [-0.2, -0.15) is 0 Å². The van der Waals surface area contributed by atoms with E-state index in [0.717, 1.165) is 16.7 Å². The van der Waals surface area contributed by atoms with Crippen LogP contribution >= 0.6 is 0 Å². The molecule has 0 spiro atoms. The van der Waals surface area contributed by atoms with Gasteiger partial charge in [0.1, 0.15) is 0 Å². The second kappa shape index (κ2) is 8.95. The average molecular weight is 399 g/mol. The summed E-state index contributed by atoms with van der Waals surface area (Å²) in [4.78, 5) is 29.7. The number of rotatable bonds is 4. The minimum absolute atomic E-state index is 0.0138. The molecule has 30 heavy (non-hydrogen) atoms. The Morgan fingerprint density at radius 2 is 1.50 bits per heavy atom. The average Bonchev–Trinajstić information content (AvgIpc) is 2.94. The lowest BCUT2D eigenvalue weighted by atomic mass is 9.91. The molecule has 1 fully saturated rings. The molecule has 4 nitrogen and oxygen atoms in total. The molecular weight excluding hydrogens is 372 g/mol. The molecule has 0 N–H and O–H groups in total. The molecule has 0 aliphatic carbocycles. The third-order valence-corrected chi connectivity index (χ3v) is 5.75. The quantitative estimate of drug-likeness (QED) is 0.663. The van der Waals surface area contributed by atoms with E-state index in [9.17, 15) is 9.59 Å². The van der Waals surface area contributed by atoms with E-state index >= 15 is 0 Å². The molecule has 2 amide bonds. The highest BCUT2D eigenvalue weighted by molar-refractivity contribution is 5.95. The van der Waals surface area contributed by atoms with Gasteiger partial charge >= 0.3 is 0 Å².